The van der Waals surface area contributed by atoms with E-state index in [4.69, 9.17) is 4.42 Å². The van der Waals surface area contributed by atoms with E-state index in [9.17, 15) is 4.79 Å². The highest BCUT2D eigenvalue weighted by Crippen LogP contribution is 2.28. The summed E-state index contributed by atoms with van der Waals surface area (Å²) in [6.45, 7) is 0.605. The molecule has 0 N–H and O–H groups in total. The molecule has 0 saturated heterocycles. The molecule has 0 atom stereocenters. The van der Waals surface area contributed by atoms with Gasteiger partial charge in [0.05, 0.1) is 12.8 Å². The number of hydrogen-bond donors (Lipinski definition) is 0. The molecule has 0 aliphatic carbocycles. The Morgan fingerprint density at radius 1 is 1.12 bits per heavy atom. The first-order valence-electron chi connectivity index (χ1n) is 7.92. The van der Waals surface area contributed by atoms with Crippen molar-refractivity contribution < 1.29 is 9.21 Å². The van der Waals surface area contributed by atoms with Crippen LogP contribution in [0.25, 0.3) is 11.1 Å². The van der Waals surface area contributed by atoms with Crippen LogP contribution in [0.3, 0.4) is 0 Å². The predicted octanol–water partition coefficient (Wildman–Crippen LogP) is 3.07. The molecule has 0 aliphatic heterocycles. The molecular weight excluding hydrogens is 316 g/mol. The fourth-order valence-electron chi connectivity index (χ4n) is 2.59. The smallest absolute Gasteiger partial charge is 0.253 e. The zero-order valence-electron chi connectivity index (χ0n) is 14.5. The summed E-state index contributed by atoms with van der Waals surface area (Å²) in [5, 5.41) is 0. The van der Waals surface area contributed by atoms with Gasteiger partial charge in [0, 0.05) is 38.5 Å². The second-order valence-electron chi connectivity index (χ2n) is 5.97. The molecule has 25 heavy (non-hydrogen) atoms. The standard InChI is InChI=1S/C19H20N4O2/c1-22(2)19(24)15-8-6-14(7-9-15)17-11-20-13-21-18(17)23(3)12-16-5-4-10-25-16/h4-11,13H,12H2,1-3H3. The lowest BCUT2D eigenvalue weighted by Crippen LogP contribution is -2.21. The van der Waals surface area contributed by atoms with Crippen LogP contribution in [0.5, 0.6) is 0 Å². The van der Waals surface area contributed by atoms with Crippen LogP contribution in [0, 0.1) is 0 Å². The summed E-state index contributed by atoms with van der Waals surface area (Å²) in [6, 6.07) is 11.3. The van der Waals surface area contributed by atoms with E-state index in [0.29, 0.717) is 12.1 Å². The summed E-state index contributed by atoms with van der Waals surface area (Å²) >= 11 is 0. The second kappa shape index (κ2) is 7.17. The summed E-state index contributed by atoms with van der Waals surface area (Å²) < 4.78 is 5.41. The third-order valence-electron chi connectivity index (χ3n) is 3.87. The molecule has 0 radical (unpaired) electrons. The zero-order chi connectivity index (χ0) is 17.8. The molecule has 2 aromatic heterocycles. The van der Waals surface area contributed by atoms with Gasteiger partial charge in [-0.25, -0.2) is 9.97 Å². The van der Waals surface area contributed by atoms with E-state index in [-0.39, 0.29) is 5.91 Å². The van der Waals surface area contributed by atoms with Crippen LogP contribution in [0.2, 0.25) is 0 Å². The van der Waals surface area contributed by atoms with Gasteiger partial charge >= 0.3 is 0 Å². The second-order valence-corrected chi connectivity index (χ2v) is 5.97. The van der Waals surface area contributed by atoms with Gasteiger partial charge < -0.3 is 14.2 Å². The highest BCUT2D eigenvalue weighted by Gasteiger charge is 2.14. The van der Waals surface area contributed by atoms with Crippen molar-refractivity contribution in [2.45, 2.75) is 6.54 Å². The number of benzene rings is 1. The van der Waals surface area contributed by atoms with Gasteiger partial charge in [0.1, 0.15) is 17.9 Å². The molecule has 1 aromatic carbocycles. The molecule has 0 bridgehead atoms. The maximum absolute atomic E-state index is 12.0. The van der Waals surface area contributed by atoms with Crippen molar-refractivity contribution in [2.75, 3.05) is 26.0 Å². The van der Waals surface area contributed by atoms with Gasteiger partial charge in [-0.1, -0.05) is 12.1 Å². The normalized spacial score (nSPS) is 10.5. The zero-order valence-corrected chi connectivity index (χ0v) is 14.5. The molecule has 1 amide bonds. The van der Waals surface area contributed by atoms with Crippen molar-refractivity contribution in [2.24, 2.45) is 0 Å². The van der Waals surface area contributed by atoms with Crippen LogP contribution in [-0.4, -0.2) is 41.9 Å². The highest BCUT2D eigenvalue weighted by molar-refractivity contribution is 5.94. The number of carbonyl (C=O) groups excluding carboxylic acids is 1. The monoisotopic (exact) mass is 336 g/mol. The van der Waals surface area contributed by atoms with Gasteiger partial charge in [0.2, 0.25) is 0 Å². The Morgan fingerprint density at radius 2 is 1.88 bits per heavy atom. The number of carbonyl (C=O) groups is 1. The highest BCUT2D eigenvalue weighted by atomic mass is 16.3. The summed E-state index contributed by atoms with van der Waals surface area (Å²) in [5.41, 5.74) is 2.51. The predicted molar refractivity (Wildman–Crippen MR) is 96.3 cm³/mol. The minimum atomic E-state index is -0.0222. The third kappa shape index (κ3) is 3.68. The third-order valence-corrected chi connectivity index (χ3v) is 3.87. The molecule has 6 nitrogen and oxygen atoms in total. The maximum atomic E-state index is 12.0. The van der Waals surface area contributed by atoms with Gasteiger partial charge in [0.15, 0.2) is 0 Å². The van der Waals surface area contributed by atoms with Gasteiger partial charge in [-0.3, -0.25) is 4.79 Å². The van der Waals surface area contributed by atoms with Gasteiger partial charge in [0.25, 0.3) is 5.91 Å². The quantitative estimate of drug-likeness (QED) is 0.716. The molecule has 3 rings (SSSR count). The Balaban J connectivity index is 1.89. The molecule has 128 valence electrons. The molecule has 0 aliphatic rings. The van der Waals surface area contributed by atoms with Crippen molar-refractivity contribution in [1.29, 1.82) is 0 Å². The maximum Gasteiger partial charge on any atom is 0.253 e. The van der Waals surface area contributed by atoms with E-state index in [2.05, 4.69) is 9.97 Å². The number of anilines is 1. The number of amides is 1. The lowest BCUT2D eigenvalue weighted by atomic mass is 10.0. The number of furan rings is 1. The van der Waals surface area contributed by atoms with E-state index in [1.807, 2.05) is 48.3 Å². The lowest BCUT2D eigenvalue weighted by molar-refractivity contribution is 0.0827. The Labute approximate surface area is 146 Å². The van der Waals surface area contributed by atoms with Crippen molar-refractivity contribution >= 4 is 11.7 Å². The first-order valence-corrected chi connectivity index (χ1v) is 7.92. The number of hydrogen-bond acceptors (Lipinski definition) is 5. The number of rotatable bonds is 5. The Morgan fingerprint density at radius 3 is 2.52 bits per heavy atom. The van der Waals surface area contributed by atoms with Crippen LogP contribution in [0.1, 0.15) is 16.1 Å². The van der Waals surface area contributed by atoms with E-state index in [1.165, 1.54) is 6.33 Å². The summed E-state index contributed by atoms with van der Waals surface area (Å²) in [5.74, 6) is 1.64. The molecule has 6 heteroatoms. The first-order chi connectivity index (χ1) is 12.1. The van der Waals surface area contributed by atoms with Crippen molar-refractivity contribution in [3.8, 4) is 11.1 Å². The summed E-state index contributed by atoms with van der Waals surface area (Å²) in [6.07, 6.45) is 4.97. The Hall–Kier alpha value is -3.15. The van der Waals surface area contributed by atoms with Crippen molar-refractivity contribution in [1.82, 2.24) is 14.9 Å². The minimum Gasteiger partial charge on any atom is -0.467 e. The number of nitrogens with zero attached hydrogens (tertiary/aromatic N) is 4. The molecule has 0 fully saturated rings. The molecule has 0 unspecified atom stereocenters. The van der Waals surface area contributed by atoms with Crippen molar-refractivity contribution in [3.05, 3.63) is 66.5 Å². The summed E-state index contributed by atoms with van der Waals surface area (Å²) in [7, 11) is 5.43. The van der Waals surface area contributed by atoms with Crippen LogP contribution in [0.4, 0.5) is 5.82 Å². The number of aromatic nitrogens is 2. The lowest BCUT2D eigenvalue weighted by Gasteiger charge is -2.20. The topological polar surface area (TPSA) is 62.5 Å². The van der Waals surface area contributed by atoms with Crippen LogP contribution < -0.4 is 4.90 Å². The molecule has 0 spiro atoms. The van der Waals surface area contributed by atoms with E-state index in [0.717, 1.165) is 22.7 Å². The van der Waals surface area contributed by atoms with Crippen LogP contribution in [-0.2, 0) is 6.54 Å². The summed E-state index contributed by atoms with van der Waals surface area (Å²) in [4.78, 5) is 24.2. The van der Waals surface area contributed by atoms with Gasteiger partial charge in [-0.2, -0.15) is 0 Å². The largest absolute Gasteiger partial charge is 0.467 e. The van der Waals surface area contributed by atoms with Gasteiger partial charge in [-0.05, 0) is 29.8 Å². The molecular formula is C19H20N4O2. The Bertz CT molecular complexity index is 842. The van der Waals surface area contributed by atoms with E-state index >= 15 is 0 Å². The Kier molecular flexibility index (Phi) is 4.79. The molecule has 0 saturated carbocycles. The molecule has 3 aromatic rings. The van der Waals surface area contributed by atoms with E-state index < -0.39 is 0 Å². The van der Waals surface area contributed by atoms with Gasteiger partial charge in [-0.15, -0.1) is 0 Å². The fourth-order valence-corrected chi connectivity index (χ4v) is 2.59. The average molecular weight is 336 g/mol. The minimum absolute atomic E-state index is 0.0222. The van der Waals surface area contributed by atoms with Crippen LogP contribution >= 0.6 is 0 Å². The fraction of sp³-hybridized carbons (Fsp3) is 0.211. The van der Waals surface area contributed by atoms with Crippen molar-refractivity contribution in [3.63, 3.8) is 0 Å². The SMILES string of the molecule is CN(C)C(=O)c1ccc(-c2cncnc2N(C)Cc2ccco2)cc1. The van der Waals surface area contributed by atoms with Crippen LogP contribution in [0.15, 0.2) is 59.6 Å². The molecule has 2 heterocycles. The average Bonchev–Trinajstić information content (AvgIpc) is 3.14. The first kappa shape index (κ1) is 16.7. The van der Waals surface area contributed by atoms with E-state index in [1.54, 1.807) is 31.5 Å².